The maximum atomic E-state index is 12.0. The first-order valence-electron chi connectivity index (χ1n) is 15.0. The minimum absolute atomic E-state index is 0.240. The molecule has 0 bridgehead atoms. The predicted octanol–water partition coefficient (Wildman–Crippen LogP) is 6.59. The van der Waals surface area contributed by atoms with Crippen molar-refractivity contribution in [2.24, 2.45) is 0 Å². The Morgan fingerprint density at radius 3 is 1.93 bits per heavy atom. The van der Waals surface area contributed by atoms with Gasteiger partial charge in [-0.3, -0.25) is 4.72 Å². The molecule has 0 amide bonds. The first-order chi connectivity index (χ1) is 22.3. The van der Waals surface area contributed by atoms with E-state index in [1.807, 2.05) is 109 Å². The van der Waals surface area contributed by atoms with Crippen molar-refractivity contribution in [1.29, 1.82) is 0 Å². The lowest BCUT2D eigenvalue weighted by molar-refractivity contribution is 0.172. The van der Waals surface area contributed by atoms with E-state index in [-0.39, 0.29) is 18.8 Å². The highest BCUT2D eigenvalue weighted by Gasteiger charge is 2.15. The van der Waals surface area contributed by atoms with E-state index in [4.69, 9.17) is 14.2 Å². The van der Waals surface area contributed by atoms with Gasteiger partial charge in [-0.2, -0.15) is 0 Å². The van der Waals surface area contributed by atoms with Crippen molar-refractivity contribution in [1.82, 2.24) is 5.32 Å². The quantitative estimate of drug-likeness (QED) is 0.105. The van der Waals surface area contributed by atoms with Gasteiger partial charge in [0.1, 0.15) is 37.1 Å². The van der Waals surface area contributed by atoms with Gasteiger partial charge in [0.05, 0.1) is 18.0 Å². The molecule has 1 atom stereocenters. The van der Waals surface area contributed by atoms with Gasteiger partial charge in [-0.1, -0.05) is 97.1 Å². The SMILES string of the molecule is CS(=O)(=O)Nc1cc([C@@H](O)CNCCOc2ccc(-c3ccccc3)c(OCc3ccccc3)c2)ccc1OCc1ccccc1. The van der Waals surface area contributed by atoms with Crippen LogP contribution in [0.5, 0.6) is 17.2 Å². The number of hydrogen-bond donors (Lipinski definition) is 3. The molecule has 0 aromatic heterocycles. The molecule has 0 aliphatic heterocycles. The van der Waals surface area contributed by atoms with E-state index in [0.717, 1.165) is 34.3 Å². The van der Waals surface area contributed by atoms with Crippen molar-refractivity contribution in [3.8, 4) is 28.4 Å². The van der Waals surface area contributed by atoms with Gasteiger partial charge in [-0.15, -0.1) is 0 Å². The maximum absolute atomic E-state index is 12.0. The van der Waals surface area contributed by atoms with Gasteiger partial charge in [-0.25, -0.2) is 8.42 Å². The Hall–Kier alpha value is -4.83. The normalized spacial score (nSPS) is 11.9. The zero-order valence-corrected chi connectivity index (χ0v) is 26.5. The summed E-state index contributed by atoms with van der Waals surface area (Å²) < 4.78 is 44.7. The molecule has 0 unspecified atom stereocenters. The predicted molar refractivity (Wildman–Crippen MR) is 182 cm³/mol. The summed E-state index contributed by atoms with van der Waals surface area (Å²) in [6.07, 6.45) is 0.193. The minimum atomic E-state index is -3.57. The second-order valence-corrected chi connectivity index (χ2v) is 12.5. The van der Waals surface area contributed by atoms with E-state index in [1.54, 1.807) is 18.2 Å². The van der Waals surface area contributed by atoms with Crippen molar-refractivity contribution >= 4 is 15.7 Å². The number of aliphatic hydroxyl groups is 1. The standard InChI is InChI=1S/C37H38N2O6S/c1-46(41,42)39-34-23-31(17-20-36(34)44-26-28-11-5-2-6-12-28)35(40)25-38-21-22-43-32-18-19-33(30-15-9-4-10-16-30)37(24-32)45-27-29-13-7-3-8-14-29/h2-20,23-24,35,38-40H,21-22,25-27H2,1H3/t35-/m0/s1. The molecule has 46 heavy (non-hydrogen) atoms. The highest BCUT2D eigenvalue weighted by atomic mass is 32.2. The van der Waals surface area contributed by atoms with E-state index < -0.39 is 16.1 Å². The first kappa shape index (κ1) is 32.6. The molecule has 5 aromatic rings. The lowest BCUT2D eigenvalue weighted by Crippen LogP contribution is -2.26. The van der Waals surface area contributed by atoms with Crippen LogP contribution in [-0.2, 0) is 23.2 Å². The second-order valence-electron chi connectivity index (χ2n) is 10.8. The third-order valence-electron chi connectivity index (χ3n) is 7.08. The fourth-order valence-corrected chi connectivity index (χ4v) is 5.36. The molecule has 3 N–H and O–H groups in total. The van der Waals surface area contributed by atoms with Crippen LogP contribution in [0.2, 0.25) is 0 Å². The lowest BCUT2D eigenvalue weighted by Gasteiger charge is -2.17. The number of hydrogen-bond acceptors (Lipinski definition) is 7. The van der Waals surface area contributed by atoms with Crippen molar-refractivity contribution < 1.29 is 27.7 Å². The van der Waals surface area contributed by atoms with Gasteiger partial charge in [0.15, 0.2) is 0 Å². The molecule has 8 nitrogen and oxygen atoms in total. The summed E-state index contributed by atoms with van der Waals surface area (Å²) in [6.45, 7) is 1.79. The molecule has 0 spiro atoms. The minimum Gasteiger partial charge on any atom is -0.492 e. The highest BCUT2D eigenvalue weighted by molar-refractivity contribution is 7.92. The van der Waals surface area contributed by atoms with Crippen LogP contribution in [0.4, 0.5) is 5.69 Å². The van der Waals surface area contributed by atoms with Crippen LogP contribution in [0, 0.1) is 0 Å². The number of nitrogens with one attached hydrogen (secondary N) is 2. The maximum Gasteiger partial charge on any atom is 0.229 e. The molecule has 238 valence electrons. The summed E-state index contributed by atoms with van der Waals surface area (Å²) in [5.74, 6) is 1.77. The summed E-state index contributed by atoms with van der Waals surface area (Å²) in [6, 6.07) is 40.5. The van der Waals surface area contributed by atoms with Crippen LogP contribution in [0.15, 0.2) is 127 Å². The van der Waals surface area contributed by atoms with E-state index in [9.17, 15) is 13.5 Å². The fourth-order valence-electron chi connectivity index (χ4n) is 4.80. The van der Waals surface area contributed by atoms with Gasteiger partial charge >= 0.3 is 0 Å². The summed E-state index contributed by atoms with van der Waals surface area (Å²) in [5, 5.41) is 14.1. The van der Waals surface area contributed by atoms with Crippen LogP contribution in [0.25, 0.3) is 11.1 Å². The zero-order valence-electron chi connectivity index (χ0n) is 25.6. The molecular formula is C37H38N2O6S. The molecular weight excluding hydrogens is 600 g/mol. The topological polar surface area (TPSA) is 106 Å². The van der Waals surface area contributed by atoms with E-state index in [0.29, 0.717) is 36.8 Å². The Morgan fingerprint density at radius 2 is 1.30 bits per heavy atom. The van der Waals surface area contributed by atoms with E-state index in [2.05, 4.69) is 10.0 Å². The number of rotatable bonds is 16. The van der Waals surface area contributed by atoms with Gasteiger partial charge in [0.25, 0.3) is 0 Å². The number of aliphatic hydroxyl groups excluding tert-OH is 1. The van der Waals surface area contributed by atoms with Gasteiger partial charge in [0, 0.05) is 24.7 Å². The molecule has 0 saturated carbocycles. The Morgan fingerprint density at radius 1 is 0.696 bits per heavy atom. The number of anilines is 1. The summed E-state index contributed by atoms with van der Waals surface area (Å²) in [4.78, 5) is 0. The third-order valence-corrected chi connectivity index (χ3v) is 7.67. The largest absolute Gasteiger partial charge is 0.492 e. The smallest absolute Gasteiger partial charge is 0.229 e. The molecule has 0 aliphatic carbocycles. The Bertz CT molecular complexity index is 1790. The molecule has 5 aromatic carbocycles. The summed E-state index contributed by atoms with van der Waals surface area (Å²) in [7, 11) is -3.57. The number of sulfonamides is 1. The Labute approximate surface area is 270 Å². The highest BCUT2D eigenvalue weighted by Crippen LogP contribution is 2.34. The van der Waals surface area contributed by atoms with Gasteiger partial charge in [0.2, 0.25) is 10.0 Å². The third kappa shape index (κ3) is 9.84. The second kappa shape index (κ2) is 15.9. The number of ether oxygens (including phenoxy) is 3. The molecule has 0 radical (unpaired) electrons. The first-order valence-corrected chi connectivity index (χ1v) is 16.9. The van der Waals surface area contributed by atoms with Crippen LogP contribution in [-0.4, -0.2) is 39.5 Å². The zero-order chi connectivity index (χ0) is 32.2. The van der Waals surface area contributed by atoms with Crippen LogP contribution in [0.1, 0.15) is 22.8 Å². The van der Waals surface area contributed by atoms with Crippen LogP contribution >= 0.6 is 0 Å². The molecule has 0 fully saturated rings. The monoisotopic (exact) mass is 638 g/mol. The summed E-state index contributed by atoms with van der Waals surface area (Å²) >= 11 is 0. The Kier molecular flexibility index (Phi) is 11.3. The van der Waals surface area contributed by atoms with Crippen LogP contribution in [0.3, 0.4) is 0 Å². The number of benzene rings is 5. The molecule has 0 aliphatic rings. The van der Waals surface area contributed by atoms with Crippen molar-refractivity contribution in [2.75, 3.05) is 30.7 Å². The Balaban J connectivity index is 1.16. The van der Waals surface area contributed by atoms with Crippen LogP contribution < -0.4 is 24.2 Å². The van der Waals surface area contributed by atoms with Gasteiger partial charge < -0.3 is 24.6 Å². The molecule has 5 rings (SSSR count). The molecule has 0 heterocycles. The van der Waals surface area contributed by atoms with Crippen molar-refractivity contribution in [3.05, 3.63) is 144 Å². The van der Waals surface area contributed by atoms with Gasteiger partial charge in [-0.05, 0) is 46.5 Å². The van der Waals surface area contributed by atoms with E-state index in [1.165, 1.54) is 0 Å². The average molecular weight is 639 g/mol. The van der Waals surface area contributed by atoms with Crippen molar-refractivity contribution in [3.63, 3.8) is 0 Å². The van der Waals surface area contributed by atoms with E-state index >= 15 is 0 Å². The fraction of sp³-hybridized carbons (Fsp3) is 0.189. The molecule has 9 heteroatoms. The molecule has 0 saturated heterocycles. The summed E-state index contributed by atoms with van der Waals surface area (Å²) in [5.41, 5.74) is 4.87. The lowest BCUT2D eigenvalue weighted by atomic mass is 10.0. The average Bonchev–Trinajstić information content (AvgIpc) is 3.07. The van der Waals surface area contributed by atoms with Crippen molar-refractivity contribution in [2.45, 2.75) is 19.3 Å².